The van der Waals surface area contributed by atoms with Crippen molar-refractivity contribution in [2.24, 2.45) is 0 Å². The molecule has 1 aliphatic rings. The molecule has 0 aliphatic carbocycles. The van der Waals surface area contributed by atoms with Gasteiger partial charge in [-0.25, -0.2) is 0 Å². The van der Waals surface area contributed by atoms with Crippen molar-refractivity contribution in [1.29, 1.82) is 0 Å². The van der Waals surface area contributed by atoms with Gasteiger partial charge in [-0.15, -0.1) is 0 Å². The van der Waals surface area contributed by atoms with Crippen molar-refractivity contribution in [2.45, 2.75) is 32.4 Å². The molecule has 0 saturated carbocycles. The lowest BCUT2D eigenvalue weighted by atomic mass is 10.0. The zero-order valence-corrected chi connectivity index (χ0v) is 12.2. The number of ether oxygens (including phenoxy) is 1. The Morgan fingerprint density at radius 1 is 1.43 bits per heavy atom. The van der Waals surface area contributed by atoms with E-state index >= 15 is 0 Å². The van der Waals surface area contributed by atoms with Gasteiger partial charge in [-0.3, -0.25) is 9.88 Å². The van der Waals surface area contributed by atoms with E-state index in [2.05, 4.69) is 20.0 Å². The van der Waals surface area contributed by atoms with Gasteiger partial charge in [0, 0.05) is 19.0 Å². The van der Waals surface area contributed by atoms with E-state index in [4.69, 9.17) is 17.1 Å². The second-order valence-electron chi connectivity index (χ2n) is 5.55. The highest BCUT2D eigenvalue weighted by Gasteiger charge is 2.29. The number of nitrogens with zero attached hydrogens (tertiary/aromatic N) is 4. The summed E-state index contributed by atoms with van der Waals surface area (Å²) in [7, 11) is 5.54. The SMILES string of the molecule is [B]c1ccc(OC2CN(Cc3nc(C(C)C)no3)C2)cn1. The molecule has 6 nitrogen and oxygen atoms in total. The summed E-state index contributed by atoms with van der Waals surface area (Å²) in [6.45, 7) is 6.43. The minimum atomic E-state index is 0.169. The van der Waals surface area contributed by atoms with Crippen LogP contribution >= 0.6 is 0 Å². The molecule has 0 N–H and O–H groups in total. The standard InChI is InChI=1S/C14H17BN4O2/c1-9(2)14-17-13(21-18-14)8-19-6-11(7-19)20-10-3-4-12(15)16-5-10/h3-5,9,11H,6-8H2,1-2H3. The van der Waals surface area contributed by atoms with Gasteiger partial charge in [0.1, 0.15) is 19.7 Å². The molecule has 2 aromatic rings. The fourth-order valence-electron chi connectivity index (χ4n) is 2.14. The molecule has 0 amide bonds. The van der Waals surface area contributed by atoms with Crippen LogP contribution in [0.15, 0.2) is 22.9 Å². The highest BCUT2D eigenvalue weighted by Crippen LogP contribution is 2.19. The Hall–Kier alpha value is -1.89. The predicted octanol–water partition coefficient (Wildman–Crippen LogP) is 0.645. The van der Waals surface area contributed by atoms with Crippen molar-refractivity contribution < 1.29 is 9.26 Å². The van der Waals surface area contributed by atoms with Crippen LogP contribution in [-0.4, -0.2) is 47.1 Å². The number of hydrogen-bond acceptors (Lipinski definition) is 6. The quantitative estimate of drug-likeness (QED) is 0.751. The third-order valence-electron chi connectivity index (χ3n) is 3.34. The average molecular weight is 284 g/mol. The van der Waals surface area contributed by atoms with Gasteiger partial charge in [-0.2, -0.15) is 4.98 Å². The van der Waals surface area contributed by atoms with Crippen LogP contribution < -0.4 is 10.3 Å². The number of aromatic nitrogens is 3. The van der Waals surface area contributed by atoms with E-state index in [-0.39, 0.29) is 12.0 Å². The zero-order chi connectivity index (χ0) is 14.8. The molecule has 0 unspecified atom stereocenters. The summed E-state index contributed by atoms with van der Waals surface area (Å²) in [6, 6.07) is 3.57. The van der Waals surface area contributed by atoms with Crippen LogP contribution in [-0.2, 0) is 6.54 Å². The Morgan fingerprint density at radius 2 is 2.24 bits per heavy atom. The lowest BCUT2D eigenvalue weighted by Gasteiger charge is -2.37. The van der Waals surface area contributed by atoms with Crippen molar-refractivity contribution in [3.63, 3.8) is 0 Å². The summed E-state index contributed by atoms with van der Waals surface area (Å²) in [5.74, 6) is 2.44. The molecular weight excluding hydrogens is 267 g/mol. The first-order chi connectivity index (χ1) is 10.1. The van der Waals surface area contributed by atoms with E-state index in [0.717, 1.165) is 24.7 Å². The molecule has 21 heavy (non-hydrogen) atoms. The normalized spacial score (nSPS) is 16.1. The first-order valence-corrected chi connectivity index (χ1v) is 7.03. The highest BCUT2D eigenvalue weighted by molar-refractivity contribution is 6.30. The van der Waals surface area contributed by atoms with Gasteiger partial charge >= 0.3 is 0 Å². The van der Waals surface area contributed by atoms with Crippen LogP contribution in [0.5, 0.6) is 5.75 Å². The summed E-state index contributed by atoms with van der Waals surface area (Å²) in [6.07, 6.45) is 1.81. The third-order valence-corrected chi connectivity index (χ3v) is 3.34. The Labute approximate surface area is 124 Å². The minimum absolute atomic E-state index is 0.169. The molecule has 3 heterocycles. The zero-order valence-electron chi connectivity index (χ0n) is 12.2. The molecule has 0 aromatic carbocycles. The Balaban J connectivity index is 1.46. The second kappa shape index (κ2) is 5.85. The fraction of sp³-hybridized carbons (Fsp3) is 0.500. The van der Waals surface area contributed by atoms with Crippen LogP contribution in [0.4, 0.5) is 0 Å². The van der Waals surface area contributed by atoms with Crippen LogP contribution in [0, 0.1) is 0 Å². The first kappa shape index (κ1) is 14.1. The van der Waals surface area contributed by atoms with Gasteiger partial charge in [0.15, 0.2) is 5.82 Å². The molecule has 1 fully saturated rings. The maximum absolute atomic E-state index is 5.79. The molecule has 0 bridgehead atoms. The summed E-state index contributed by atoms with van der Waals surface area (Å²) >= 11 is 0. The number of rotatable bonds is 5. The Morgan fingerprint density at radius 3 is 2.86 bits per heavy atom. The van der Waals surface area contributed by atoms with Crippen molar-refractivity contribution in [3.05, 3.63) is 30.0 Å². The highest BCUT2D eigenvalue weighted by atomic mass is 16.5. The second-order valence-corrected chi connectivity index (χ2v) is 5.55. The smallest absolute Gasteiger partial charge is 0.240 e. The number of likely N-dealkylation sites (tertiary alicyclic amines) is 1. The van der Waals surface area contributed by atoms with Gasteiger partial charge in [0.2, 0.25) is 5.89 Å². The third kappa shape index (κ3) is 3.42. The van der Waals surface area contributed by atoms with Crippen molar-refractivity contribution >= 4 is 13.4 Å². The number of pyridine rings is 1. The summed E-state index contributed by atoms with van der Waals surface area (Å²) < 4.78 is 11.0. The van der Waals surface area contributed by atoms with Gasteiger partial charge in [-0.1, -0.05) is 19.0 Å². The van der Waals surface area contributed by atoms with Crippen LogP contribution in [0.1, 0.15) is 31.5 Å². The lowest BCUT2D eigenvalue weighted by Crippen LogP contribution is -2.53. The maximum Gasteiger partial charge on any atom is 0.240 e. The lowest BCUT2D eigenvalue weighted by molar-refractivity contribution is 0.00845. The molecule has 1 saturated heterocycles. The summed E-state index contributed by atoms with van der Waals surface area (Å²) in [5.41, 5.74) is 0.495. The van der Waals surface area contributed by atoms with Gasteiger partial charge < -0.3 is 9.26 Å². The van der Waals surface area contributed by atoms with Crippen molar-refractivity contribution in [1.82, 2.24) is 20.0 Å². The van der Waals surface area contributed by atoms with Gasteiger partial charge in [-0.05, 0) is 17.7 Å². The Bertz CT molecular complexity index is 593. The van der Waals surface area contributed by atoms with E-state index in [1.54, 1.807) is 12.3 Å². The van der Waals surface area contributed by atoms with E-state index in [1.165, 1.54) is 0 Å². The first-order valence-electron chi connectivity index (χ1n) is 7.03. The molecule has 1 aliphatic heterocycles. The van der Waals surface area contributed by atoms with E-state index < -0.39 is 0 Å². The van der Waals surface area contributed by atoms with Crippen molar-refractivity contribution in [2.75, 3.05) is 13.1 Å². The molecule has 2 radical (unpaired) electrons. The van der Waals surface area contributed by atoms with Gasteiger partial charge in [0.25, 0.3) is 0 Å². The topological polar surface area (TPSA) is 64.3 Å². The van der Waals surface area contributed by atoms with Crippen LogP contribution in [0.2, 0.25) is 0 Å². The predicted molar refractivity (Wildman–Crippen MR) is 77.7 cm³/mol. The van der Waals surface area contributed by atoms with Crippen LogP contribution in [0.3, 0.4) is 0 Å². The molecular formula is C14H17BN4O2. The molecule has 3 rings (SSSR count). The van der Waals surface area contributed by atoms with Gasteiger partial charge in [0.05, 0.1) is 12.7 Å². The molecule has 0 spiro atoms. The Kier molecular flexibility index (Phi) is 3.92. The van der Waals surface area contributed by atoms with Crippen molar-refractivity contribution in [3.8, 4) is 5.75 Å². The number of hydrogen-bond donors (Lipinski definition) is 0. The summed E-state index contributed by atoms with van der Waals surface area (Å²) in [5, 5.41) is 3.96. The molecule has 2 aromatic heterocycles. The van der Waals surface area contributed by atoms with E-state index in [9.17, 15) is 0 Å². The minimum Gasteiger partial charge on any atom is -0.486 e. The largest absolute Gasteiger partial charge is 0.486 e. The molecule has 108 valence electrons. The maximum atomic E-state index is 5.79. The van der Waals surface area contributed by atoms with E-state index in [1.807, 2.05) is 19.9 Å². The fourth-order valence-corrected chi connectivity index (χ4v) is 2.14. The monoisotopic (exact) mass is 284 g/mol. The molecule has 0 atom stereocenters. The molecule has 7 heteroatoms. The van der Waals surface area contributed by atoms with Crippen LogP contribution in [0.25, 0.3) is 0 Å². The summed E-state index contributed by atoms with van der Waals surface area (Å²) in [4.78, 5) is 10.6. The average Bonchev–Trinajstić information content (AvgIpc) is 2.87. The van der Waals surface area contributed by atoms with E-state index in [0.29, 0.717) is 18.0 Å².